The quantitative estimate of drug-likeness (QED) is 0.705. The number of benzene rings is 1. The molecule has 0 amide bonds. The van der Waals surface area contributed by atoms with Crippen LogP contribution >= 0.6 is 27.7 Å². The third kappa shape index (κ3) is 4.09. The van der Waals surface area contributed by atoms with E-state index in [4.69, 9.17) is 11.5 Å². The summed E-state index contributed by atoms with van der Waals surface area (Å²) in [6.07, 6.45) is 2.58. The van der Waals surface area contributed by atoms with Gasteiger partial charge in [-0.2, -0.15) is 0 Å². The highest BCUT2D eigenvalue weighted by Crippen LogP contribution is 2.30. The Morgan fingerprint density at radius 1 is 1.19 bits per heavy atom. The molecule has 1 fully saturated rings. The third-order valence-corrected chi connectivity index (χ3v) is 4.73. The minimum Gasteiger partial charge on any atom is -0.383 e. The minimum atomic E-state index is 0.384. The van der Waals surface area contributed by atoms with E-state index in [1.807, 2.05) is 0 Å². The predicted molar refractivity (Wildman–Crippen MR) is 89.0 cm³/mol. The summed E-state index contributed by atoms with van der Waals surface area (Å²) in [5.41, 5.74) is 12.6. The zero-order valence-corrected chi connectivity index (χ0v) is 13.7. The minimum absolute atomic E-state index is 0.384. The Bertz CT molecular complexity index is 640. The van der Waals surface area contributed by atoms with Crippen LogP contribution in [0, 0.1) is 0 Å². The Balaban J connectivity index is 1.71. The summed E-state index contributed by atoms with van der Waals surface area (Å²) in [6.45, 7) is 0.887. The van der Waals surface area contributed by atoms with E-state index in [-0.39, 0.29) is 0 Å². The van der Waals surface area contributed by atoms with Gasteiger partial charge in [-0.15, -0.1) is 0 Å². The molecule has 1 aromatic heterocycles. The molecule has 1 saturated carbocycles. The second kappa shape index (κ2) is 6.21. The summed E-state index contributed by atoms with van der Waals surface area (Å²) in [4.78, 5) is 9.39. The summed E-state index contributed by atoms with van der Waals surface area (Å²) in [5, 5.41) is 4.06. The molecule has 0 aliphatic heterocycles. The lowest BCUT2D eigenvalue weighted by Crippen LogP contribution is -2.15. The number of nitrogen functional groups attached to an aromatic ring is 2. The monoisotopic (exact) mass is 365 g/mol. The fourth-order valence-electron chi connectivity index (χ4n) is 1.89. The lowest BCUT2D eigenvalue weighted by molar-refractivity contribution is 0.685. The third-order valence-electron chi connectivity index (χ3n) is 3.14. The molecule has 110 valence electrons. The van der Waals surface area contributed by atoms with Gasteiger partial charge >= 0.3 is 0 Å². The van der Waals surface area contributed by atoms with Crippen LogP contribution in [-0.2, 0) is 6.54 Å². The fraction of sp³-hybridized carbons (Fsp3) is 0.286. The van der Waals surface area contributed by atoms with Gasteiger partial charge in [0.1, 0.15) is 11.6 Å². The maximum Gasteiger partial charge on any atom is 0.196 e. The molecule has 0 unspecified atom stereocenters. The maximum atomic E-state index is 5.68. The Kier molecular flexibility index (Phi) is 4.32. The van der Waals surface area contributed by atoms with Crippen LogP contribution in [0.15, 0.2) is 38.8 Å². The highest BCUT2D eigenvalue weighted by atomic mass is 79.9. The van der Waals surface area contributed by atoms with Crippen LogP contribution in [0.1, 0.15) is 18.4 Å². The van der Waals surface area contributed by atoms with E-state index in [1.54, 1.807) is 6.07 Å². The number of nitrogens with zero attached hydrogens (tertiary/aromatic N) is 2. The molecule has 7 heteroatoms. The van der Waals surface area contributed by atoms with Crippen molar-refractivity contribution in [2.24, 2.45) is 0 Å². The number of aromatic nitrogens is 2. The van der Waals surface area contributed by atoms with Crippen LogP contribution in [-0.4, -0.2) is 16.0 Å². The summed E-state index contributed by atoms with van der Waals surface area (Å²) < 4.78 is 1.08. The molecule has 5 nitrogen and oxygen atoms in total. The molecular formula is C14H16BrN5S. The molecule has 2 aromatic rings. The summed E-state index contributed by atoms with van der Waals surface area (Å²) in [5.74, 6) is 0.767. The van der Waals surface area contributed by atoms with Gasteiger partial charge in [0.15, 0.2) is 5.16 Å². The van der Waals surface area contributed by atoms with E-state index in [1.165, 1.54) is 30.2 Å². The van der Waals surface area contributed by atoms with Crippen molar-refractivity contribution in [3.63, 3.8) is 0 Å². The molecule has 0 saturated heterocycles. The first-order valence-electron chi connectivity index (χ1n) is 6.70. The second-order valence-electron chi connectivity index (χ2n) is 5.01. The van der Waals surface area contributed by atoms with Gasteiger partial charge in [-0.25, -0.2) is 9.97 Å². The molecular weight excluding hydrogens is 350 g/mol. The SMILES string of the molecule is Nc1cc(N)nc(Sc2ccc(CNC3CC3)c(Br)c2)n1. The average Bonchev–Trinajstić information content (AvgIpc) is 3.20. The molecule has 0 radical (unpaired) electrons. The smallest absolute Gasteiger partial charge is 0.196 e. The molecule has 5 N–H and O–H groups in total. The maximum absolute atomic E-state index is 5.68. The Morgan fingerprint density at radius 3 is 2.52 bits per heavy atom. The zero-order chi connectivity index (χ0) is 14.8. The Hall–Kier alpha value is -1.31. The largest absolute Gasteiger partial charge is 0.383 e. The van der Waals surface area contributed by atoms with E-state index >= 15 is 0 Å². The molecule has 0 bridgehead atoms. The predicted octanol–water partition coefficient (Wildman–Crippen LogP) is 2.81. The van der Waals surface area contributed by atoms with Crippen molar-refractivity contribution in [1.82, 2.24) is 15.3 Å². The fourth-order valence-corrected chi connectivity index (χ4v) is 3.39. The molecule has 1 aromatic carbocycles. The number of rotatable bonds is 5. The zero-order valence-electron chi connectivity index (χ0n) is 11.3. The molecule has 1 aliphatic rings. The first kappa shape index (κ1) is 14.6. The van der Waals surface area contributed by atoms with Crippen LogP contribution in [0.4, 0.5) is 11.6 Å². The second-order valence-corrected chi connectivity index (χ2v) is 6.91. The number of anilines is 2. The first-order valence-corrected chi connectivity index (χ1v) is 8.31. The number of nitrogens with one attached hydrogen (secondary N) is 1. The summed E-state index contributed by atoms with van der Waals surface area (Å²) in [6, 6.07) is 8.48. The molecule has 1 aliphatic carbocycles. The van der Waals surface area contributed by atoms with Gasteiger partial charge in [-0.1, -0.05) is 22.0 Å². The number of hydrogen-bond donors (Lipinski definition) is 3. The highest BCUT2D eigenvalue weighted by molar-refractivity contribution is 9.10. The van der Waals surface area contributed by atoms with Gasteiger partial charge in [0, 0.05) is 28.0 Å². The van der Waals surface area contributed by atoms with E-state index in [0.717, 1.165) is 15.9 Å². The molecule has 21 heavy (non-hydrogen) atoms. The normalized spacial score (nSPS) is 14.3. The lowest BCUT2D eigenvalue weighted by atomic mass is 10.2. The van der Waals surface area contributed by atoms with E-state index in [2.05, 4.69) is 49.4 Å². The van der Waals surface area contributed by atoms with Crippen molar-refractivity contribution < 1.29 is 0 Å². The van der Waals surface area contributed by atoms with Crippen molar-refractivity contribution in [1.29, 1.82) is 0 Å². The summed E-state index contributed by atoms with van der Waals surface area (Å²) >= 11 is 5.06. The van der Waals surface area contributed by atoms with E-state index in [9.17, 15) is 0 Å². The van der Waals surface area contributed by atoms with Crippen LogP contribution in [0.3, 0.4) is 0 Å². The topological polar surface area (TPSA) is 89.9 Å². The highest BCUT2D eigenvalue weighted by Gasteiger charge is 2.20. The average molecular weight is 366 g/mol. The van der Waals surface area contributed by atoms with Crippen molar-refractivity contribution in [2.45, 2.75) is 35.5 Å². The summed E-state index contributed by atoms with van der Waals surface area (Å²) in [7, 11) is 0. The number of halogens is 1. The number of nitrogens with two attached hydrogens (primary N) is 2. The van der Waals surface area contributed by atoms with Gasteiger partial charge in [-0.05, 0) is 42.3 Å². The standard InChI is InChI=1S/C14H16BrN5S/c15-11-5-10(4-1-8(11)7-18-9-2-3-9)21-14-19-12(16)6-13(17)20-14/h1,4-6,9,18H,2-3,7H2,(H4,16,17,19,20). The van der Waals surface area contributed by atoms with Gasteiger partial charge in [0.05, 0.1) is 0 Å². The van der Waals surface area contributed by atoms with Gasteiger partial charge in [-0.3, -0.25) is 0 Å². The molecule has 1 heterocycles. The van der Waals surface area contributed by atoms with Gasteiger partial charge in [0.25, 0.3) is 0 Å². The van der Waals surface area contributed by atoms with Crippen LogP contribution in [0.5, 0.6) is 0 Å². The van der Waals surface area contributed by atoms with Crippen molar-refractivity contribution in [3.05, 3.63) is 34.3 Å². The molecule has 0 spiro atoms. The van der Waals surface area contributed by atoms with Crippen LogP contribution in [0.2, 0.25) is 0 Å². The van der Waals surface area contributed by atoms with Crippen LogP contribution in [0.25, 0.3) is 0 Å². The molecule has 3 rings (SSSR count). The van der Waals surface area contributed by atoms with E-state index < -0.39 is 0 Å². The molecule has 0 atom stereocenters. The van der Waals surface area contributed by atoms with Gasteiger partial charge < -0.3 is 16.8 Å². The first-order chi connectivity index (χ1) is 10.1. The Morgan fingerprint density at radius 2 is 1.90 bits per heavy atom. The van der Waals surface area contributed by atoms with Crippen molar-refractivity contribution in [2.75, 3.05) is 11.5 Å². The Labute approximate surface area is 136 Å². The lowest BCUT2D eigenvalue weighted by Gasteiger charge is -2.08. The van der Waals surface area contributed by atoms with Gasteiger partial charge in [0.2, 0.25) is 0 Å². The van der Waals surface area contributed by atoms with Crippen LogP contribution < -0.4 is 16.8 Å². The van der Waals surface area contributed by atoms with E-state index in [0.29, 0.717) is 22.8 Å². The number of hydrogen-bond acceptors (Lipinski definition) is 6. The van der Waals surface area contributed by atoms with Crippen molar-refractivity contribution >= 4 is 39.3 Å². The van der Waals surface area contributed by atoms with Crippen molar-refractivity contribution in [3.8, 4) is 0 Å².